The Balaban J connectivity index is 1.51. The van der Waals surface area contributed by atoms with Crippen LogP contribution >= 0.6 is 0 Å². The molecule has 0 aliphatic rings. The van der Waals surface area contributed by atoms with Gasteiger partial charge in [0.1, 0.15) is 11.6 Å². The Labute approximate surface area is 172 Å². The first-order chi connectivity index (χ1) is 14.6. The van der Waals surface area contributed by atoms with Crippen molar-refractivity contribution in [3.8, 4) is 28.7 Å². The second-order valence-electron chi connectivity index (χ2n) is 6.53. The lowest BCUT2D eigenvalue weighted by molar-refractivity contribution is -0.122. The molecule has 1 heterocycles. The number of carbonyl (C=O) groups is 1. The largest absolute Gasteiger partial charge is 0.480 e. The van der Waals surface area contributed by atoms with E-state index in [0.717, 1.165) is 5.56 Å². The molecule has 0 saturated carbocycles. The van der Waals surface area contributed by atoms with Gasteiger partial charge in [0.25, 0.3) is 11.8 Å². The lowest BCUT2D eigenvalue weighted by atomic mass is 10.2. The summed E-state index contributed by atoms with van der Waals surface area (Å²) in [6.45, 7) is 1.62. The van der Waals surface area contributed by atoms with E-state index in [1.54, 1.807) is 25.1 Å². The summed E-state index contributed by atoms with van der Waals surface area (Å²) < 4.78 is 24.7. The minimum absolute atomic E-state index is 0.288. The number of nitrogens with one attached hydrogen (secondary N) is 1. The Morgan fingerprint density at radius 1 is 0.933 bits per heavy atom. The average Bonchev–Trinajstić information content (AvgIpc) is 3.26. The quantitative estimate of drug-likeness (QED) is 0.493. The van der Waals surface area contributed by atoms with Crippen molar-refractivity contribution in [2.75, 3.05) is 5.32 Å². The molecule has 1 atom stereocenters. The molecule has 1 unspecified atom stereocenters. The molecule has 3 aromatic carbocycles. The van der Waals surface area contributed by atoms with Crippen LogP contribution in [-0.2, 0) is 4.79 Å². The van der Waals surface area contributed by atoms with Gasteiger partial charge in [-0.3, -0.25) is 4.79 Å². The number of aromatic nitrogens is 2. The van der Waals surface area contributed by atoms with Gasteiger partial charge in [0, 0.05) is 11.3 Å². The Morgan fingerprint density at radius 2 is 1.60 bits per heavy atom. The van der Waals surface area contributed by atoms with Crippen LogP contribution in [0.2, 0.25) is 0 Å². The number of hydrogen-bond acceptors (Lipinski definition) is 5. The number of rotatable bonds is 6. The second-order valence-corrected chi connectivity index (χ2v) is 6.53. The summed E-state index contributed by atoms with van der Waals surface area (Å²) in [7, 11) is 0. The Bertz CT molecular complexity index is 1140. The molecule has 1 aromatic heterocycles. The lowest BCUT2D eigenvalue weighted by Gasteiger charge is -2.16. The van der Waals surface area contributed by atoms with Crippen LogP contribution in [0.25, 0.3) is 22.9 Å². The van der Waals surface area contributed by atoms with Crippen LogP contribution in [0.3, 0.4) is 0 Å². The molecule has 6 nitrogen and oxygen atoms in total. The first kappa shape index (κ1) is 19.3. The van der Waals surface area contributed by atoms with Crippen molar-refractivity contribution in [2.24, 2.45) is 0 Å². The Hall–Kier alpha value is -4.00. The van der Waals surface area contributed by atoms with E-state index < -0.39 is 6.10 Å². The molecule has 4 aromatic rings. The molecule has 0 fully saturated rings. The number of anilines is 1. The zero-order valence-electron chi connectivity index (χ0n) is 16.1. The van der Waals surface area contributed by atoms with E-state index in [1.165, 1.54) is 24.3 Å². The van der Waals surface area contributed by atoms with Gasteiger partial charge in [-0.25, -0.2) is 4.39 Å². The number of para-hydroxylation sites is 1. The number of halogens is 1. The van der Waals surface area contributed by atoms with Crippen molar-refractivity contribution < 1.29 is 18.3 Å². The van der Waals surface area contributed by atoms with E-state index in [0.29, 0.717) is 22.9 Å². The fraction of sp³-hybridized carbons (Fsp3) is 0.0870. The fourth-order valence-electron chi connectivity index (χ4n) is 2.80. The molecule has 0 saturated heterocycles. The van der Waals surface area contributed by atoms with Crippen molar-refractivity contribution in [1.82, 2.24) is 10.2 Å². The first-order valence-electron chi connectivity index (χ1n) is 9.31. The van der Waals surface area contributed by atoms with Crippen LogP contribution in [0.1, 0.15) is 6.92 Å². The Kier molecular flexibility index (Phi) is 5.52. The van der Waals surface area contributed by atoms with E-state index in [2.05, 4.69) is 15.5 Å². The summed E-state index contributed by atoms with van der Waals surface area (Å²) in [5, 5.41) is 10.9. The highest BCUT2D eigenvalue weighted by atomic mass is 19.1. The standard InChI is InChI=1S/C23H18FN3O3/c1-15(21(28)25-18-13-11-17(24)12-14-18)29-20-10-6-5-9-19(20)23-27-26-22(30-23)16-7-3-2-4-8-16/h2-15H,1H3,(H,25,28). The maximum absolute atomic E-state index is 13.0. The summed E-state index contributed by atoms with van der Waals surface area (Å²) in [5.74, 6) is 0.369. The number of hydrogen-bond donors (Lipinski definition) is 1. The van der Waals surface area contributed by atoms with Crippen LogP contribution < -0.4 is 10.1 Å². The third-order valence-corrected chi connectivity index (χ3v) is 4.35. The number of nitrogens with zero attached hydrogens (tertiary/aromatic N) is 2. The molecule has 0 bridgehead atoms. The van der Waals surface area contributed by atoms with Crippen LogP contribution in [0.5, 0.6) is 5.75 Å². The van der Waals surface area contributed by atoms with E-state index in [1.807, 2.05) is 36.4 Å². The fourth-order valence-corrected chi connectivity index (χ4v) is 2.80. The van der Waals surface area contributed by atoms with Gasteiger partial charge in [-0.05, 0) is 55.5 Å². The van der Waals surface area contributed by atoms with Crippen LogP contribution in [0.4, 0.5) is 10.1 Å². The van der Waals surface area contributed by atoms with E-state index in [-0.39, 0.29) is 17.6 Å². The molecule has 0 aliphatic heterocycles. The van der Waals surface area contributed by atoms with Gasteiger partial charge in [0.15, 0.2) is 6.10 Å². The van der Waals surface area contributed by atoms with Gasteiger partial charge < -0.3 is 14.5 Å². The highest BCUT2D eigenvalue weighted by Gasteiger charge is 2.20. The number of benzene rings is 3. The van der Waals surface area contributed by atoms with Crippen molar-refractivity contribution in [3.05, 3.63) is 84.7 Å². The average molecular weight is 403 g/mol. The summed E-state index contributed by atoms with van der Waals surface area (Å²) in [5.41, 5.74) is 1.87. The van der Waals surface area contributed by atoms with Crippen LogP contribution in [0.15, 0.2) is 83.3 Å². The lowest BCUT2D eigenvalue weighted by Crippen LogP contribution is -2.30. The van der Waals surface area contributed by atoms with Crippen LogP contribution in [0, 0.1) is 5.82 Å². The van der Waals surface area contributed by atoms with Crippen LogP contribution in [-0.4, -0.2) is 22.2 Å². The molecular weight excluding hydrogens is 385 g/mol. The first-order valence-corrected chi connectivity index (χ1v) is 9.31. The molecule has 1 amide bonds. The molecular formula is C23H18FN3O3. The van der Waals surface area contributed by atoms with Gasteiger partial charge in [-0.1, -0.05) is 30.3 Å². The molecule has 0 radical (unpaired) electrons. The van der Waals surface area contributed by atoms with Crippen molar-refractivity contribution >= 4 is 11.6 Å². The van der Waals surface area contributed by atoms with Crippen molar-refractivity contribution in [2.45, 2.75) is 13.0 Å². The summed E-state index contributed by atoms with van der Waals surface area (Å²) >= 11 is 0. The molecule has 7 heteroatoms. The SMILES string of the molecule is CC(Oc1ccccc1-c1nnc(-c2ccccc2)o1)C(=O)Nc1ccc(F)cc1. The molecule has 30 heavy (non-hydrogen) atoms. The summed E-state index contributed by atoms with van der Waals surface area (Å²) in [6, 6.07) is 22.1. The predicted molar refractivity (Wildman–Crippen MR) is 110 cm³/mol. The number of amides is 1. The normalized spacial score (nSPS) is 11.7. The van der Waals surface area contributed by atoms with E-state index in [4.69, 9.17) is 9.15 Å². The number of carbonyl (C=O) groups excluding carboxylic acids is 1. The monoisotopic (exact) mass is 403 g/mol. The van der Waals surface area contributed by atoms with Gasteiger partial charge >= 0.3 is 0 Å². The molecule has 0 spiro atoms. The second kappa shape index (κ2) is 8.57. The molecule has 1 N–H and O–H groups in total. The van der Waals surface area contributed by atoms with Gasteiger partial charge in [-0.15, -0.1) is 10.2 Å². The zero-order chi connectivity index (χ0) is 20.9. The summed E-state index contributed by atoms with van der Waals surface area (Å²) in [6.07, 6.45) is -0.812. The van der Waals surface area contributed by atoms with E-state index in [9.17, 15) is 9.18 Å². The highest BCUT2D eigenvalue weighted by Crippen LogP contribution is 2.31. The summed E-state index contributed by atoms with van der Waals surface area (Å²) in [4.78, 5) is 12.5. The van der Waals surface area contributed by atoms with Crippen molar-refractivity contribution in [3.63, 3.8) is 0 Å². The topological polar surface area (TPSA) is 77.2 Å². The van der Waals surface area contributed by atoms with Gasteiger partial charge in [0.2, 0.25) is 5.89 Å². The zero-order valence-corrected chi connectivity index (χ0v) is 16.1. The minimum atomic E-state index is -0.812. The van der Waals surface area contributed by atoms with Crippen molar-refractivity contribution in [1.29, 1.82) is 0 Å². The van der Waals surface area contributed by atoms with E-state index >= 15 is 0 Å². The molecule has 150 valence electrons. The molecule has 0 aliphatic carbocycles. The highest BCUT2D eigenvalue weighted by molar-refractivity contribution is 5.94. The number of ether oxygens (including phenoxy) is 1. The maximum atomic E-state index is 13.0. The predicted octanol–water partition coefficient (Wildman–Crippen LogP) is 4.95. The third-order valence-electron chi connectivity index (χ3n) is 4.35. The Morgan fingerprint density at radius 3 is 2.37 bits per heavy atom. The third kappa shape index (κ3) is 4.35. The minimum Gasteiger partial charge on any atom is -0.480 e. The molecule has 4 rings (SSSR count). The maximum Gasteiger partial charge on any atom is 0.265 e. The van der Waals surface area contributed by atoms with Gasteiger partial charge in [0.05, 0.1) is 5.56 Å². The smallest absolute Gasteiger partial charge is 0.265 e. The van der Waals surface area contributed by atoms with Gasteiger partial charge in [-0.2, -0.15) is 0 Å².